The fourth-order valence-corrected chi connectivity index (χ4v) is 2.66. The van der Waals surface area contributed by atoms with Crippen molar-refractivity contribution in [3.8, 4) is 0 Å². The van der Waals surface area contributed by atoms with E-state index in [0.29, 0.717) is 31.0 Å². The number of carbonyl (C=O) groups excluding carboxylic acids is 1. The first-order chi connectivity index (χ1) is 9.13. The van der Waals surface area contributed by atoms with Gasteiger partial charge < -0.3 is 9.84 Å². The fourth-order valence-electron chi connectivity index (χ4n) is 2.43. The second kappa shape index (κ2) is 6.37. The van der Waals surface area contributed by atoms with Crippen molar-refractivity contribution in [3.63, 3.8) is 0 Å². The molecule has 0 saturated carbocycles. The van der Waals surface area contributed by atoms with Crippen LogP contribution in [0.1, 0.15) is 24.4 Å². The Balaban J connectivity index is 2.26. The van der Waals surface area contributed by atoms with Crippen LogP contribution in [0.5, 0.6) is 0 Å². The molecule has 4 nitrogen and oxygen atoms in total. The van der Waals surface area contributed by atoms with E-state index in [9.17, 15) is 9.90 Å². The van der Waals surface area contributed by atoms with Gasteiger partial charge in [0.2, 0.25) is 0 Å². The number of hydrogen-bond donors (Lipinski definition) is 1. The Morgan fingerprint density at radius 3 is 2.63 bits per heavy atom. The lowest BCUT2D eigenvalue weighted by Gasteiger charge is -2.35. The molecular weight excluding hydrogens is 266 g/mol. The Hall–Kier alpha value is -1.10. The molecule has 1 aliphatic heterocycles. The summed E-state index contributed by atoms with van der Waals surface area (Å²) in [4.78, 5) is 14.1. The largest absolute Gasteiger partial charge is 0.468 e. The molecule has 0 amide bonds. The molecule has 0 bridgehead atoms. The van der Waals surface area contributed by atoms with Crippen LogP contribution in [0.4, 0.5) is 0 Å². The zero-order valence-electron chi connectivity index (χ0n) is 10.9. The maximum atomic E-state index is 12.1. The minimum absolute atomic E-state index is 0.277. The van der Waals surface area contributed by atoms with E-state index >= 15 is 0 Å². The molecule has 1 heterocycles. The molecule has 1 saturated heterocycles. The average Bonchev–Trinajstić information content (AvgIpc) is 2.43. The first-order valence-corrected chi connectivity index (χ1v) is 6.75. The van der Waals surface area contributed by atoms with Crippen LogP contribution < -0.4 is 0 Å². The van der Waals surface area contributed by atoms with Crippen LogP contribution in [0.15, 0.2) is 24.3 Å². The molecule has 0 radical (unpaired) electrons. The molecule has 1 atom stereocenters. The predicted molar refractivity (Wildman–Crippen MR) is 73.0 cm³/mol. The summed E-state index contributed by atoms with van der Waals surface area (Å²) < 4.78 is 4.90. The van der Waals surface area contributed by atoms with E-state index in [0.717, 1.165) is 5.56 Å². The molecule has 1 fully saturated rings. The monoisotopic (exact) mass is 283 g/mol. The number of carbonyl (C=O) groups is 1. The number of ether oxygens (including phenoxy) is 1. The zero-order valence-corrected chi connectivity index (χ0v) is 11.6. The van der Waals surface area contributed by atoms with Crippen molar-refractivity contribution in [2.24, 2.45) is 0 Å². The van der Waals surface area contributed by atoms with Crippen molar-refractivity contribution in [2.75, 3.05) is 20.2 Å². The van der Waals surface area contributed by atoms with Crippen LogP contribution in [-0.4, -0.2) is 42.3 Å². The summed E-state index contributed by atoms with van der Waals surface area (Å²) in [5.74, 6) is -0.315. The van der Waals surface area contributed by atoms with E-state index in [1.54, 1.807) is 6.07 Å². The zero-order chi connectivity index (χ0) is 13.8. The summed E-state index contributed by atoms with van der Waals surface area (Å²) in [5, 5.41) is 10.1. The third-order valence-corrected chi connectivity index (χ3v) is 3.83. The highest BCUT2D eigenvalue weighted by Crippen LogP contribution is 2.30. The number of likely N-dealkylation sites (tertiary alicyclic amines) is 1. The number of methoxy groups -OCH3 is 1. The first-order valence-electron chi connectivity index (χ1n) is 6.38. The molecule has 0 aromatic heterocycles. The van der Waals surface area contributed by atoms with Gasteiger partial charge in [0.25, 0.3) is 0 Å². The maximum absolute atomic E-state index is 12.1. The molecule has 5 heteroatoms. The van der Waals surface area contributed by atoms with Gasteiger partial charge in [0, 0.05) is 18.1 Å². The van der Waals surface area contributed by atoms with Crippen molar-refractivity contribution in [3.05, 3.63) is 34.9 Å². The lowest BCUT2D eigenvalue weighted by atomic mass is 10.0. The summed E-state index contributed by atoms with van der Waals surface area (Å²) >= 11 is 6.18. The van der Waals surface area contributed by atoms with Gasteiger partial charge in [-0.2, -0.15) is 0 Å². The number of hydrogen-bond acceptors (Lipinski definition) is 4. The smallest absolute Gasteiger partial charge is 0.327 e. The summed E-state index contributed by atoms with van der Waals surface area (Å²) in [5.41, 5.74) is 0.757. The predicted octanol–water partition coefficient (Wildman–Crippen LogP) is 2.01. The molecule has 0 unspecified atom stereocenters. The number of piperidine rings is 1. The fraction of sp³-hybridized carbons (Fsp3) is 0.500. The van der Waals surface area contributed by atoms with E-state index in [1.165, 1.54) is 7.11 Å². The van der Waals surface area contributed by atoms with Gasteiger partial charge in [-0.05, 0) is 24.5 Å². The molecule has 2 rings (SSSR count). The third-order valence-electron chi connectivity index (χ3n) is 3.49. The number of aliphatic hydroxyl groups excluding tert-OH is 1. The van der Waals surface area contributed by atoms with E-state index in [2.05, 4.69) is 0 Å². The van der Waals surface area contributed by atoms with Gasteiger partial charge in [-0.1, -0.05) is 29.8 Å². The Bertz CT molecular complexity index is 444. The van der Waals surface area contributed by atoms with Gasteiger partial charge in [-0.25, -0.2) is 4.79 Å². The number of rotatable bonds is 3. The summed E-state index contributed by atoms with van der Waals surface area (Å²) in [6.07, 6.45) is 1.05. The molecule has 1 aromatic rings. The van der Waals surface area contributed by atoms with Gasteiger partial charge >= 0.3 is 5.97 Å². The Labute approximate surface area is 117 Å². The molecule has 0 spiro atoms. The van der Waals surface area contributed by atoms with E-state index < -0.39 is 6.04 Å². The summed E-state index contributed by atoms with van der Waals surface area (Å²) in [7, 11) is 1.38. The second-order valence-electron chi connectivity index (χ2n) is 4.71. The van der Waals surface area contributed by atoms with Crippen molar-refractivity contribution in [1.82, 2.24) is 4.90 Å². The van der Waals surface area contributed by atoms with Crippen LogP contribution in [0.2, 0.25) is 5.02 Å². The van der Waals surface area contributed by atoms with Gasteiger partial charge in [-0.15, -0.1) is 0 Å². The van der Waals surface area contributed by atoms with Gasteiger partial charge in [-0.3, -0.25) is 4.90 Å². The number of esters is 1. The average molecular weight is 284 g/mol. The van der Waals surface area contributed by atoms with Gasteiger partial charge in [0.15, 0.2) is 0 Å². The lowest BCUT2D eigenvalue weighted by molar-refractivity contribution is -0.148. The van der Waals surface area contributed by atoms with Crippen LogP contribution in [0.3, 0.4) is 0 Å². The molecule has 1 aliphatic rings. The summed E-state index contributed by atoms with van der Waals surface area (Å²) in [6.45, 7) is 1.32. The molecule has 19 heavy (non-hydrogen) atoms. The highest BCUT2D eigenvalue weighted by atomic mass is 35.5. The SMILES string of the molecule is COC(=O)[C@H](c1ccccc1Cl)N1CCC(O)CC1. The molecule has 1 aromatic carbocycles. The van der Waals surface area contributed by atoms with E-state index in [-0.39, 0.29) is 12.1 Å². The van der Waals surface area contributed by atoms with Crippen molar-refractivity contribution >= 4 is 17.6 Å². The molecule has 104 valence electrons. The molecular formula is C14H18ClNO3. The van der Waals surface area contributed by atoms with Gasteiger partial charge in [0.05, 0.1) is 13.2 Å². The minimum atomic E-state index is -0.494. The number of nitrogens with zero attached hydrogens (tertiary/aromatic N) is 1. The topological polar surface area (TPSA) is 49.8 Å². The Morgan fingerprint density at radius 1 is 1.42 bits per heavy atom. The van der Waals surface area contributed by atoms with E-state index in [1.807, 2.05) is 23.1 Å². The third kappa shape index (κ3) is 3.26. The van der Waals surface area contributed by atoms with Crippen LogP contribution in [0.25, 0.3) is 0 Å². The Morgan fingerprint density at radius 2 is 2.05 bits per heavy atom. The van der Waals surface area contributed by atoms with Crippen LogP contribution in [0, 0.1) is 0 Å². The normalized spacial score (nSPS) is 19.1. The lowest BCUT2D eigenvalue weighted by Crippen LogP contribution is -2.42. The number of halogens is 1. The maximum Gasteiger partial charge on any atom is 0.327 e. The van der Waals surface area contributed by atoms with Crippen molar-refractivity contribution < 1.29 is 14.6 Å². The number of benzene rings is 1. The Kier molecular flexibility index (Phi) is 4.80. The van der Waals surface area contributed by atoms with Crippen LogP contribution in [-0.2, 0) is 9.53 Å². The summed E-state index contributed by atoms with van der Waals surface area (Å²) in [6, 6.07) is 6.81. The number of aliphatic hydroxyl groups is 1. The minimum Gasteiger partial charge on any atom is -0.468 e. The standard InChI is InChI=1S/C14H18ClNO3/c1-19-14(18)13(11-4-2-3-5-12(11)15)16-8-6-10(17)7-9-16/h2-5,10,13,17H,6-9H2,1H3/t13-/m0/s1. The van der Waals surface area contributed by atoms with E-state index in [4.69, 9.17) is 16.3 Å². The van der Waals surface area contributed by atoms with Gasteiger partial charge in [0.1, 0.15) is 6.04 Å². The van der Waals surface area contributed by atoms with Crippen LogP contribution >= 0.6 is 11.6 Å². The quantitative estimate of drug-likeness (QED) is 0.862. The second-order valence-corrected chi connectivity index (χ2v) is 5.12. The molecule has 0 aliphatic carbocycles. The highest BCUT2D eigenvalue weighted by molar-refractivity contribution is 6.31. The van der Waals surface area contributed by atoms with Crippen molar-refractivity contribution in [2.45, 2.75) is 25.0 Å². The molecule has 1 N–H and O–H groups in total. The van der Waals surface area contributed by atoms with Crippen molar-refractivity contribution in [1.29, 1.82) is 0 Å². The highest BCUT2D eigenvalue weighted by Gasteiger charge is 2.32. The first kappa shape index (κ1) is 14.3.